The molecule has 1 unspecified atom stereocenters. The van der Waals surface area contributed by atoms with Crippen LogP contribution in [0.2, 0.25) is 0 Å². The average molecular weight is 365 g/mol. The predicted molar refractivity (Wildman–Crippen MR) is 102 cm³/mol. The molecule has 3 heterocycles. The molecule has 1 aliphatic rings. The van der Waals surface area contributed by atoms with E-state index in [0.29, 0.717) is 17.4 Å². The van der Waals surface area contributed by atoms with Crippen molar-refractivity contribution in [3.05, 3.63) is 48.5 Å². The molecular formula is C19H23N7O. The molecule has 0 spiro atoms. The van der Waals surface area contributed by atoms with Crippen molar-refractivity contribution in [2.45, 2.75) is 32.4 Å². The van der Waals surface area contributed by atoms with Crippen LogP contribution in [0, 0.1) is 0 Å². The molecule has 27 heavy (non-hydrogen) atoms. The molecule has 1 saturated heterocycles. The average Bonchev–Trinajstić information content (AvgIpc) is 3.39. The molecule has 0 bridgehead atoms. The zero-order valence-electron chi connectivity index (χ0n) is 15.3. The largest absolute Gasteiger partial charge is 0.320 e. The maximum absolute atomic E-state index is 12.7. The van der Waals surface area contributed by atoms with Gasteiger partial charge >= 0.3 is 0 Å². The first kappa shape index (κ1) is 17.4. The van der Waals surface area contributed by atoms with Gasteiger partial charge in [0.15, 0.2) is 11.5 Å². The summed E-state index contributed by atoms with van der Waals surface area (Å²) in [7, 11) is 0. The Kier molecular flexibility index (Phi) is 4.97. The highest BCUT2D eigenvalue weighted by molar-refractivity contribution is 6.04. The summed E-state index contributed by atoms with van der Waals surface area (Å²) in [6, 6.07) is 9.67. The van der Waals surface area contributed by atoms with Gasteiger partial charge in [-0.2, -0.15) is 5.10 Å². The Morgan fingerprint density at radius 3 is 3.04 bits per heavy atom. The van der Waals surface area contributed by atoms with Crippen molar-refractivity contribution in [3.8, 4) is 11.4 Å². The highest BCUT2D eigenvalue weighted by Gasteiger charge is 2.19. The Labute approximate surface area is 157 Å². The number of carbonyl (C=O) groups excluding carboxylic acids is 1. The monoisotopic (exact) mass is 365 g/mol. The molecule has 2 N–H and O–H groups in total. The van der Waals surface area contributed by atoms with Gasteiger partial charge in [0.25, 0.3) is 5.91 Å². The van der Waals surface area contributed by atoms with Crippen molar-refractivity contribution in [1.29, 1.82) is 0 Å². The van der Waals surface area contributed by atoms with Crippen LogP contribution in [0.25, 0.3) is 11.4 Å². The Balaban J connectivity index is 1.55. The third-order valence-corrected chi connectivity index (χ3v) is 4.86. The van der Waals surface area contributed by atoms with Gasteiger partial charge in [-0.3, -0.25) is 9.48 Å². The molecule has 0 aliphatic carbocycles. The number of benzene rings is 1. The van der Waals surface area contributed by atoms with Gasteiger partial charge in [0.05, 0.1) is 11.7 Å². The highest BCUT2D eigenvalue weighted by Crippen LogP contribution is 2.26. The van der Waals surface area contributed by atoms with Crippen LogP contribution in [-0.2, 0) is 6.54 Å². The molecule has 1 amide bonds. The van der Waals surface area contributed by atoms with Crippen LogP contribution < -0.4 is 10.6 Å². The van der Waals surface area contributed by atoms with Crippen molar-refractivity contribution in [1.82, 2.24) is 29.9 Å². The van der Waals surface area contributed by atoms with E-state index in [1.807, 2.05) is 46.6 Å². The zero-order chi connectivity index (χ0) is 18.6. The molecular weight excluding hydrogens is 342 g/mol. The minimum atomic E-state index is -0.229. The van der Waals surface area contributed by atoms with E-state index in [4.69, 9.17) is 0 Å². The number of carbonyl (C=O) groups is 1. The van der Waals surface area contributed by atoms with Gasteiger partial charge in [-0.1, -0.05) is 12.1 Å². The number of anilines is 1. The Bertz CT molecular complexity index is 924. The number of para-hydroxylation sites is 1. The van der Waals surface area contributed by atoms with Crippen LogP contribution in [-0.4, -0.2) is 43.5 Å². The number of nitrogens with one attached hydrogen (secondary N) is 2. The maximum Gasteiger partial charge on any atom is 0.276 e. The summed E-state index contributed by atoms with van der Waals surface area (Å²) in [6.45, 7) is 4.72. The normalized spacial score (nSPS) is 17.0. The second kappa shape index (κ2) is 7.71. The van der Waals surface area contributed by atoms with Gasteiger partial charge in [0.1, 0.15) is 6.33 Å². The van der Waals surface area contributed by atoms with E-state index < -0.39 is 0 Å². The number of amides is 1. The summed E-state index contributed by atoms with van der Waals surface area (Å²) in [4.78, 5) is 12.7. The summed E-state index contributed by atoms with van der Waals surface area (Å²) in [5.41, 5.74) is 1.94. The lowest BCUT2D eigenvalue weighted by Gasteiger charge is -2.22. The molecule has 0 saturated carbocycles. The minimum absolute atomic E-state index is 0.229. The van der Waals surface area contributed by atoms with Gasteiger partial charge in [-0.25, -0.2) is 0 Å². The second-order valence-electron chi connectivity index (χ2n) is 6.62. The molecule has 1 atom stereocenters. The molecule has 1 fully saturated rings. The third kappa shape index (κ3) is 3.61. The highest BCUT2D eigenvalue weighted by atomic mass is 16.2. The van der Waals surface area contributed by atoms with Gasteiger partial charge in [-0.15, -0.1) is 10.2 Å². The minimum Gasteiger partial charge on any atom is -0.320 e. The standard InChI is InChI=1S/C19H23N7O/c1-2-25-13-21-23-18(25)15-7-3-4-8-16(15)22-19(27)17-9-11-26(24-17)14-6-5-10-20-12-14/h3-4,7-9,11,13-14,20H,2,5-6,10,12H2,1H3,(H,22,27). The first-order chi connectivity index (χ1) is 13.3. The smallest absolute Gasteiger partial charge is 0.276 e. The maximum atomic E-state index is 12.7. The van der Waals surface area contributed by atoms with Gasteiger partial charge in [0, 0.05) is 24.8 Å². The van der Waals surface area contributed by atoms with E-state index in [9.17, 15) is 4.79 Å². The van der Waals surface area contributed by atoms with Crippen molar-refractivity contribution in [2.75, 3.05) is 18.4 Å². The first-order valence-electron chi connectivity index (χ1n) is 9.30. The molecule has 2 aromatic heterocycles. The van der Waals surface area contributed by atoms with Crippen LogP contribution in [0.5, 0.6) is 0 Å². The van der Waals surface area contributed by atoms with E-state index >= 15 is 0 Å². The van der Waals surface area contributed by atoms with Gasteiger partial charge < -0.3 is 15.2 Å². The number of aromatic nitrogens is 5. The Morgan fingerprint density at radius 1 is 1.33 bits per heavy atom. The Hall–Kier alpha value is -3.00. The lowest BCUT2D eigenvalue weighted by molar-refractivity contribution is 0.102. The van der Waals surface area contributed by atoms with Gasteiger partial charge in [-0.05, 0) is 44.5 Å². The zero-order valence-corrected chi connectivity index (χ0v) is 15.3. The van der Waals surface area contributed by atoms with E-state index in [0.717, 1.165) is 43.9 Å². The fraction of sp³-hybridized carbons (Fsp3) is 0.368. The quantitative estimate of drug-likeness (QED) is 0.724. The van der Waals surface area contributed by atoms with Crippen LogP contribution in [0.1, 0.15) is 36.3 Å². The van der Waals surface area contributed by atoms with Crippen LogP contribution in [0.3, 0.4) is 0 Å². The molecule has 8 nitrogen and oxygen atoms in total. The van der Waals surface area contributed by atoms with Crippen LogP contribution >= 0.6 is 0 Å². The number of aryl methyl sites for hydroxylation is 1. The molecule has 140 valence electrons. The summed E-state index contributed by atoms with van der Waals surface area (Å²) in [5.74, 6) is 0.500. The SMILES string of the molecule is CCn1cnnc1-c1ccccc1NC(=O)c1ccn(C2CCCNC2)n1. The summed E-state index contributed by atoms with van der Waals surface area (Å²) >= 11 is 0. The Morgan fingerprint density at radius 2 is 2.22 bits per heavy atom. The van der Waals surface area contributed by atoms with Crippen molar-refractivity contribution in [3.63, 3.8) is 0 Å². The number of rotatable bonds is 5. The first-order valence-corrected chi connectivity index (χ1v) is 9.30. The number of hydrogen-bond donors (Lipinski definition) is 2. The van der Waals surface area contributed by atoms with Crippen molar-refractivity contribution in [2.24, 2.45) is 0 Å². The molecule has 3 aromatic rings. The van der Waals surface area contributed by atoms with Crippen LogP contribution in [0.15, 0.2) is 42.9 Å². The summed E-state index contributed by atoms with van der Waals surface area (Å²) < 4.78 is 3.83. The van der Waals surface area contributed by atoms with E-state index in [-0.39, 0.29) is 5.91 Å². The number of piperidine rings is 1. The van der Waals surface area contributed by atoms with E-state index in [2.05, 4.69) is 25.9 Å². The number of hydrogen-bond acceptors (Lipinski definition) is 5. The van der Waals surface area contributed by atoms with E-state index in [1.165, 1.54) is 0 Å². The van der Waals surface area contributed by atoms with Crippen molar-refractivity contribution < 1.29 is 4.79 Å². The third-order valence-electron chi connectivity index (χ3n) is 4.86. The topological polar surface area (TPSA) is 89.7 Å². The van der Waals surface area contributed by atoms with E-state index in [1.54, 1.807) is 12.4 Å². The fourth-order valence-electron chi connectivity index (χ4n) is 3.39. The molecule has 1 aliphatic heterocycles. The lowest BCUT2D eigenvalue weighted by Crippen LogP contribution is -2.32. The fourth-order valence-corrected chi connectivity index (χ4v) is 3.39. The van der Waals surface area contributed by atoms with Crippen LogP contribution in [0.4, 0.5) is 5.69 Å². The predicted octanol–water partition coefficient (Wildman–Crippen LogP) is 2.34. The van der Waals surface area contributed by atoms with Crippen molar-refractivity contribution >= 4 is 11.6 Å². The molecule has 0 radical (unpaired) electrons. The molecule has 1 aromatic carbocycles. The summed E-state index contributed by atoms with van der Waals surface area (Å²) in [6.07, 6.45) is 5.77. The molecule has 4 rings (SSSR count). The lowest BCUT2D eigenvalue weighted by atomic mass is 10.1. The molecule has 8 heteroatoms. The van der Waals surface area contributed by atoms with Gasteiger partial charge in [0.2, 0.25) is 0 Å². The summed E-state index contributed by atoms with van der Waals surface area (Å²) in [5, 5.41) is 19.0. The number of nitrogens with zero attached hydrogens (tertiary/aromatic N) is 5. The second-order valence-corrected chi connectivity index (χ2v) is 6.62.